The van der Waals surface area contributed by atoms with Gasteiger partial charge in [-0.15, -0.1) is 0 Å². The Labute approximate surface area is 187 Å². The molecule has 8 heteroatoms. The van der Waals surface area contributed by atoms with Crippen LogP contribution in [0.25, 0.3) is 0 Å². The van der Waals surface area contributed by atoms with Crippen LogP contribution < -0.4 is 16.2 Å². The van der Waals surface area contributed by atoms with Gasteiger partial charge in [0.15, 0.2) is 5.96 Å². The molecular weight excluding hydrogens is 410 g/mol. The first kappa shape index (κ1) is 24.6. The van der Waals surface area contributed by atoms with Crippen molar-refractivity contribution < 1.29 is 24.2 Å². The van der Waals surface area contributed by atoms with Crippen molar-refractivity contribution in [2.75, 3.05) is 0 Å². The van der Waals surface area contributed by atoms with E-state index in [2.05, 4.69) is 4.99 Å². The number of carbonyl (C=O) groups excluding carboxylic acids is 2. The molecule has 2 aromatic carbocycles. The highest BCUT2D eigenvalue weighted by atomic mass is 16.5. The normalized spacial score (nSPS) is 12.4. The van der Waals surface area contributed by atoms with Gasteiger partial charge >= 0.3 is 11.9 Å². The summed E-state index contributed by atoms with van der Waals surface area (Å²) >= 11 is 0. The molecule has 0 aliphatic rings. The van der Waals surface area contributed by atoms with E-state index in [1.165, 1.54) is 0 Å². The zero-order valence-electron chi connectivity index (χ0n) is 18.3. The van der Waals surface area contributed by atoms with Crippen LogP contribution in [0.4, 0.5) is 5.69 Å². The number of benzene rings is 2. The molecule has 2 rings (SSSR count). The summed E-state index contributed by atoms with van der Waals surface area (Å²) in [5, 5.41) is 9.15. The lowest BCUT2D eigenvalue weighted by atomic mass is 9.86. The predicted molar refractivity (Wildman–Crippen MR) is 122 cm³/mol. The highest BCUT2D eigenvalue weighted by molar-refractivity contribution is 5.91. The summed E-state index contributed by atoms with van der Waals surface area (Å²) in [6.45, 7) is 3.54. The molecule has 170 valence electrons. The molecule has 2 aromatic rings. The van der Waals surface area contributed by atoms with Crippen molar-refractivity contribution in [2.24, 2.45) is 28.3 Å². The van der Waals surface area contributed by atoms with E-state index in [0.29, 0.717) is 36.3 Å². The number of rotatable bonds is 11. The Hall–Kier alpha value is -3.68. The summed E-state index contributed by atoms with van der Waals surface area (Å²) < 4.78 is 5.37. The summed E-state index contributed by atoms with van der Waals surface area (Å²) in [5.41, 5.74) is 12.5. The van der Waals surface area contributed by atoms with E-state index in [0.717, 1.165) is 5.56 Å². The fraction of sp³-hybridized carbons (Fsp3) is 0.333. The Kier molecular flexibility index (Phi) is 8.95. The Balaban J connectivity index is 1.87. The van der Waals surface area contributed by atoms with Crippen LogP contribution in [0.5, 0.6) is 5.75 Å². The van der Waals surface area contributed by atoms with Gasteiger partial charge in [-0.05, 0) is 54.3 Å². The van der Waals surface area contributed by atoms with Crippen LogP contribution in [0.3, 0.4) is 0 Å². The van der Waals surface area contributed by atoms with Crippen molar-refractivity contribution in [3.8, 4) is 5.75 Å². The number of nitrogens with two attached hydrogens (primary N) is 2. The first-order valence-electron chi connectivity index (χ1n) is 10.4. The van der Waals surface area contributed by atoms with Crippen molar-refractivity contribution in [3.63, 3.8) is 0 Å². The third kappa shape index (κ3) is 7.54. The Morgan fingerprint density at radius 1 is 1.03 bits per heavy atom. The smallest absolute Gasteiger partial charge is 0.343 e. The summed E-state index contributed by atoms with van der Waals surface area (Å²) in [6, 6.07) is 13.3. The average Bonchev–Trinajstić information content (AvgIpc) is 2.76. The van der Waals surface area contributed by atoms with Crippen LogP contribution in [0, 0.1) is 11.8 Å². The molecule has 0 saturated heterocycles. The molecule has 8 nitrogen and oxygen atoms in total. The van der Waals surface area contributed by atoms with E-state index >= 15 is 0 Å². The number of ether oxygens (including phenoxy) is 1. The van der Waals surface area contributed by atoms with E-state index in [1.807, 2.05) is 6.92 Å². The predicted octanol–water partition coefficient (Wildman–Crippen LogP) is 3.45. The fourth-order valence-electron chi connectivity index (χ4n) is 3.27. The van der Waals surface area contributed by atoms with Crippen molar-refractivity contribution in [1.82, 2.24) is 0 Å². The van der Waals surface area contributed by atoms with Crippen LogP contribution in [0.15, 0.2) is 53.5 Å². The third-order valence-electron chi connectivity index (χ3n) is 5.30. The molecule has 0 aliphatic carbocycles. The Morgan fingerprint density at radius 3 is 2.19 bits per heavy atom. The van der Waals surface area contributed by atoms with E-state index in [9.17, 15) is 14.4 Å². The van der Waals surface area contributed by atoms with E-state index in [1.54, 1.807) is 55.5 Å². The van der Waals surface area contributed by atoms with Gasteiger partial charge in [0.1, 0.15) is 11.5 Å². The molecule has 1 unspecified atom stereocenters. The summed E-state index contributed by atoms with van der Waals surface area (Å²) in [5.74, 6) is -1.72. The molecule has 32 heavy (non-hydrogen) atoms. The number of carbonyl (C=O) groups is 3. The number of carboxylic acid groups (broad SMARTS) is 1. The van der Waals surface area contributed by atoms with Crippen molar-refractivity contribution >= 4 is 29.4 Å². The van der Waals surface area contributed by atoms with Gasteiger partial charge < -0.3 is 21.3 Å². The first-order chi connectivity index (χ1) is 15.2. The lowest BCUT2D eigenvalue weighted by Gasteiger charge is -2.18. The lowest BCUT2D eigenvalue weighted by Crippen LogP contribution is -2.22. The second-order valence-corrected chi connectivity index (χ2v) is 7.66. The molecular formula is C24H29N3O5. The number of aryl methyl sites for hydroxylation is 1. The number of carboxylic acids is 1. The molecule has 0 aromatic heterocycles. The quantitative estimate of drug-likeness (QED) is 0.210. The minimum Gasteiger partial charge on any atom is -0.481 e. The van der Waals surface area contributed by atoms with Gasteiger partial charge in [-0.25, -0.2) is 9.79 Å². The molecule has 5 N–H and O–H groups in total. The molecule has 0 heterocycles. The van der Waals surface area contributed by atoms with Crippen molar-refractivity contribution in [3.05, 3.63) is 59.7 Å². The monoisotopic (exact) mass is 439 g/mol. The van der Waals surface area contributed by atoms with Gasteiger partial charge in [0, 0.05) is 12.8 Å². The molecule has 0 amide bonds. The molecule has 0 saturated carbocycles. The highest BCUT2D eigenvalue weighted by Gasteiger charge is 2.24. The number of aliphatic carboxylic acids is 1. The van der Waals surface area contributed by atoms with E-state index < -0.39 is 17.9 Å². The topological polar surface area (TPSA) is 145 Å². The fourth-order valence-corrected chi connectivity index (χ4v) is 3.27. The molecule has 0 fully saturated rings. The molecule has 0 aliphatic heterocycles. The highest BCUT2D eigenvalue weighted by Crippen LogP contribution is 2.22. The average molecular weight is 440 g/mol. The maximum Gasteiger partial charge on any atom is 0.343 e. The summed E-state index contributed by atoms with van der Waals surface area (Å²) in [6.07, 6.45) is 1.79. The van der Waals surface area contributed by atoms with Crippen LogP contribution in [-0.2, 0) is 16.0 Å². The third-order valence-corrected chi connectivity index (χ3v) is 5.30. The largest absolute Gasteiger partial charge is 0.481 e. The van der Waals surface area contributed by atoms with Gasteiger partial charge in [-0.2, -0.15) is 0 Å². The number of aliphatic imine (C=N–C) groups is 1. The number of Topliss-reactive ketones (excluding diaryl/α,β-unsaturated/α-hetero) is 1. The number of hydrogen-bond donors (Lipinski definition) is 3. The van der Waals surface area contributed by atoms with Gasteiger partial charge in [-0.3, -0.25) is 9.59 Å². The van der Waals surface area contributed by atoms with Crippen molar-refractivity contribution in [1.29, 1.82) is 0 Å². The lowest BCUT2D eigenvalue weighted by molar-refractivity contribution is -0.143. The maximum atomic E-state index is 12.3. The standard InChI is InChI=1S/C24H29N3O5/c1-3-17(15(2)22(29)30)14-20(28)11-4-16-5-12-21(13-6-16)32-23(31)18-7-9-19(10-8-18)27-24(25)26/h5-10,12-13,15,17H,3-4,11,14H2,1-2H3,(H,29,30)(H4,25,26,27)/t15-,17?/m0/s1. The van der Waals surface area contributed by atoms with Crippen LogP contribution in [0.2, 0.25) is 0 Å². The number of esters is 1. The van der Waals surface area contributed by atoms with Crippen LogP contribution in [0.1, 0.15) is 49.0 Å². The molecule has 0 radical (unpaired) electrons. The zero-order chi connectivity index (χ0) is 23.7. The molecule has 0 bridgehead atoms. The van der Waals surface area contributed by atoms with Gasteiger partial charge in [-0.1, -0.05) is 32.4 Å². The van der Waals surface area contributed by atoms with Crippen molar-refractivity contribution in [2.45, 2.75) is 39.5 Å². The SMILES string of the molecule is CCC(CC(=O)CCc1ccc(OC(=O)c2ccc(N=C(N)N)cc2)cc1)[C@H](C)C(=O)O. The van der Waals surface area contributed by atoms with Gasteiger partial charge in [0.05, 0.1) is 17.2 Å². The summed E-state index contributed by atoms with van der Waals surface area (Å²) in [4.78, 5) is 39.6. The van der Waals surface area contributed by atoms with E-state index in [-0.39, 0.29) is 24.1 Å². The Morgan fingerprint density at radius 2 is 1.66 bits per heavy atom. The Bertz CT molecular complexity index is 964. The number of ketones is 1. The molecule has 2 atom stereocenters. The summed E-state index contributed by atoms with van der Waals surface area (Å²) in [7, 11) is 0. The minimum absolute atomic E-state index is 0.0460. The minimum atomic E-state index is -0.875. The van der Waals surface area contributed by atoms with Gasteiger partial charge in [0.25, 0.3) is 0 Å². The maximum absolute atomic E-state index is 12.3. The number of nitrogens with zero attached hydrogens (tertiary/aromatic N) is 1. The molecule has 0 spiro atoms. The number of hydrogen-bond acceptors (Lipinski definition) is 5. The zero-order valence-corrected chi connectivity index (χ0v) is 18.3. The van der Waals surface area contributed by atoms with Crippen LogP contribution >= 0.6 is 0 Å². The van der Waals surface area contributed by atoms with Gasteiger partial charge in [0.2, 0.25) is 0 Å². The first-order valence-corrected chi connectivity index (χ1v) is 10.4. The van der Waals surface area contributed by atoms with Crippen LogP contribution in [-0.4, -0.2) is 28.8 Å². The number of guanidine groups is 1. The second kappa shape index (κ2) is 11.6. The van der Waals surface area contributed by atoms with E-state index in [4.69, 9.17) is 21.3 Å². The second-order valence-electron chi connectivity index (χ2n) is 7.66.